The Kier molecular flexibility index (Phi) is 4.60. The van der Waals surface area contributed by atoms with E-state index in [2.05, 4.69) is 11.8 Å². The highest BCUT2D eigenvalue weighted by atomic mass is 35.5. The SMILES string of the molecule is CC1CCCC(CN)N1Cc1c(F)cccc1Cl. The van der Waals surface area contributed by atoms with Crippen LogP contribution in [0.1, 0.15) is 31.7 Å². The van der Waals surface area contributed by atoms with E-state index in [-0.39, 0.29) is 5.82 Å². The molecule has 2 unspecified atom stereocenters. The molecule has 0 bridgehead atoms. The van der Waals surface area contributed by atoms with Gasteiger partial charge in [-0.3, -0.25) is 4.90 Å². The van der Waals surface area contributed by atoms with Crippen LogP contribution in [-0.4, -0.2) is 23.5 Å². The molecule has 1 fully saturated rings. The van der Waals surface area contributed by atoms with Crippen molar-refractivity contribution in [3.8, 4) is 0 Å². The van der Waals surface area contributed by atoms with Crippen molar-refractivity contribution in [1.29, 1.82) is 0 Å². The largest absolute Gasteiger partial charge is 0.329 e. The first-order valence-corrected chi connectivity index (χ1v) is 6.90. The smallest absolute Gasteiger partial charge is 0.129 e. The van der Waals surface area contributed by atoms with Gasteiger partial charge >= 0.3 is 0 Å². The fourth-order valence-electron chi connectivity index (χ4n) is 2.74. The Balaban J connectivity index is 2.20. The summed E-state index contributed by atoms with van der Waals surface area (Å²) >= 11 is 6.09. The summed E-state index contributed by atoms with van der Waals surface area (Å²) in [6, 6.07) is 5.62. The maximum atomic E-state index is 13.8. The molecule has 4 heteroatoms. The van der Waals surface area contributed by atoms with Gasteiger partial charge in [0.15, 0.2) is 0 Å². The average Bonchev–Trinajstić information content (AvgIpc) is 2.35. The Labute approximate surface area is 113 Å². The molecule has 0 amide bonds. The van der Waals surface area contributed by atoms with Crippen molar-refractivity contribution in [3.63, 3.8) is 0 Å². The molecule has 2 rings (SSSR count). The van der Waals surface area contributed by atoms with Gasteiger partial charge in [-0.15, -0.1) is 0 Å². The van der Waals surface area contributed by atoms with Crippen LogP contribution < -0.4 is 5.73 Å². The highest BCUT2D eigenvalue weighted by molar-refractivity contribution is 6.31. The average molecular weight is 271 g/mol. The van der Waals surface area contributed by atoms with Gasteiger partial charge < -0.3 is 5.73 Å². The van der Waals surface area contributed by atoms with E-state index in [1.165, 1.54) is 12.5 Å². The minimum absolute atomic E-state index is 0.226. The number of hydrogen-bond donors (Lipinski definition) is 1. The summed E-state index contributed by atoms with van der Waals surface area (Å²) in [5.74, 6) is -0.226. The Morgan fingerprint density at radius 2 is 2.22 bits per heavy atom. The molecule has 100 valence electrons. The predicted molar refractivity (Wildman–Crippen MR) is 73.1 cm³/mol. The van der Waals surface area contributed by atoms with Gasteiger partial charge in [-0.2, -0.15) is 0 Å². The van der Waals surface area contributed by atoms with Crippen molar-refractivity contribution in [1.82, 2.24) is 4.90 Å². The van der Waals surface area contributed by atoms with Crippen LogP contribution >= 0.6 is 11.6 Å². The summed E-state index contributed by atoms with van der Waals surface area (Å²) in [6.45, 7) is 3.35. The number of likely N-dealkylation sites (tertiary alicyclic amines) is 1. The maximum absolute atomic E-state index is 13.8. The Hall–Kier alpha value is -0.640. The Bertz CT molecular complexity index is 391. The van der Waals surface area contributed by atoms with Gasteiger partial charge in [0.1, 0.15) is 5.82 Å². The zero-order chi connectivity index (χ0) is 13.1. The van der Waals surface area contributed by atoms with Crippen molar-refractivity contribution >= 4 is 11.6 Å². The molecule has 2 N–H and O–H groups in total. The van der Waals surface area contributed by atoms with E-state index in [9.17, 15) is 4.39 Å². The minimum Gasteiger partial charge on any atom is -0.329 e. The number of halogens is 2. The monoisotopic (exact) mass is 270 g/mol. The highest BCUT2D eigenvalue weighted by Gasteiger charge is 2.28. The van der Waals surface area contributed by atoms with E-state index in [1.807, 2.05) is 0 Å². The van der Waals surface area contributed by atoms with E-state index in [4.69, 9.17) is 17.3 Å². The van der Waals surface area contributed by atoms with Crippen LogP contribution in [0, 0.1) is 5.82 Å². The lowest BCUT2D eigenvalue weighted by molar-refractivity contribution is 0.0880. The molecule has 2 nitrogen and oxygen atoms in total. The first-order chi connectivity index (χ1) is 8.63. The third kappa shape index (κ3) is 2.85. The first kappa shape index (κ1) is 13.8. The minimum atomic E-state index is -0.226. The number of benzene rings is 1. The fraction of sp³-hybridized carbons (Fsp3) is 0.571. The molecule has 0 radical (unpaired) electrons. The zero-order valence-corrected chi connectivity index (χ0v) is 11.5. The van der Waals surface area contributed by atoms with Crippen LogP contribution in [0.2, 0.25) is 5.02 Å². The molecule has 1 heterocycles. The van der Waals surface area contributed by atoms with Crippen LogP contribution in [-0.2, 0) is 6.54 Å². The second kappa shape index (κ2) is 6.00. The summed E-state index contributed by atoms with van der Waals surface area (Å²) in [4.78, 5) is 2.29. The van der Waals surface area contributed by atoms with Crippen LogP contribution in [0.15, 0.2) is 18.2 Å². The van der Waals surface area contributed by atoms with Gasteiger partial charge in [-0.25, -0.2) is 4.39 Å². The second-order valence-electron chi connectivity index (χ2n) is 5.04. The summed E-state index contributed by atoms with van der Waals surface area (Å²) in [5.41, 5.74) is 6.41. The number of piperidine rings is 1. The second-order valence-corrected chi connectivity index (χ2v) is 5.45. The predicted octanol–water partition coefficient (Wildman–Crippen LogP) is 3.18. The number of hydrogen-bond acceptors (Lipinski definition) is 2. The molecule has 1 saturated heterocycles. The molecular formula is C14H20ClFN2. The number of rotatable bonds is 3. The quantitative estimate of drug-likeness (QED) is 0.914. The summed E-state index contributed by atoms with van der Waals surface area (Å²) < 4.78 is 13.8. The van der Waals surface area contributed by atoms with E-state index in [0.29, 0.717) is 35.8 Å². The lowest BCUT2D eigenvalue weighted by Gasteiger charge is -2.40. The van der Waals surface area contributed by atoms with E-state index < -0.39 is 0 Å². The molecule has 1 aliphatic heterocycles. The van der Waals surface area contributed by atoms with E-state index >= 15 is 0 Å². The number of nitrogens with zero attached hydrogens (tertiary/aromatic N) is 1. The fourth-order valence-corrected chi connectivity index (χ4v) is 2.97. The molecule has 0 saturated carbocycles. The van der Waals surface area contributed by atoms with Gasteiger partial charge in [0, 0.05) is 35.8 Å². The maximum Gasteiger partial charge on any atom is 0.129 e. The summed E-state index contributed by atoms with van der Waals surface area (Å²) in [5, 5.41) is 0.503. The van der Waals surface area contributed by atoms with Crippen molar-refractivity contribution in [2.45, 2.75) is 44.8 Å². The van der Waals surface area contributed by atoms with Gasteiger partial charge in [0.05, 0.1) is 0 Å². The van der Waals surface area contributed by atoms with Crippen molar-refractivity contribution in [2.75, 3.05) is 6.54 Å². The first-order valence-electron chi connectivity index (χ1n) is 6.52. The molecule has 2 atom stereocenters. The van der Waals surface area contributed by atoms with Crippen molar-refractivity contribution in [3.05, 3.63) is 34.6 Å². The standard InChI is InChI=1S/C14H20ClFN2/c1-10-4-2-5-11(8-17)18(10)9-12-13(15)6-3-7-14(12)16/h3,6-7,10-11H,2,4-5,8-9,17H2,1H3. The molecule has 18 heavy (non-hydrogen) atoms. The van der Waals surface area contributed by atoms with E-state index in [0.717, 1.165) is 12.8 Å². The molecule has 0 aromatic heterocycles. The van der Waals surface area contributed by atoms with Crippen LogP contribution in [0.25, 0.3) is 0 Å². The topological polar surface area (TPSA) is 29.3 Å². The van der Waals surface area contributed by atoms with E-state index in [1.54, 1.807) is 12.1 Å². The lowest BCUT2D eigenvalue weighted by atomic mass is 9.95. The molecule has 1 aliphatic rings. The summed E-state index contributed by atoms with van der Waals surface area (Å²) in [6.07, 6.45) is 3.43. The Morgan fingerprint density at radius 3 is 2.89 bits per heavy atom. The number of nitrogens with two attached hydrogens (primary N) is 1. The van der Waals surface area contributed by atoms with Crippen molar-refractivity contribution < 1.29 is 4.39 Å². The summed E-state index contributed by atoms with van der Waals surface area (Å²) in [7, 11) is 0. The normalized spacial score (nSPS) is 25.3. The van der Waals surface area contributed by atoms with Gasteiger partial charge in [-0.1, -0.05) is 24.1 Å². The zero-order valence-electron chi connectivity index (χ0n) is 10.7. The highest BCUT2D eigenvalue weighted by Crippen LogP contribution is 2.28. The van der Waals surface area contributed by atoms with Gasteiger partial charge in [0.2, 0.25) is 0 Å². The van der Waals surface area contributed by atoms with Crippen LogP contribution in [0.4, 0.5) is 4.39 Å². The van der Waals surface area contributed by atoms with Crippen LogP contribution in [0.3, 0.4) is 0 Å². The molecule has 1 aromatic rings. The molecule has 1 aromatic carbocycles. The molecular weight excluding hydrogens is 251 g/mol. The molecule has 0 spiro atoms. The van der Waals surface area contributed by atoms with Gasteiger partial charge in [-0.05, 0) is 31.9 Å². The molecule has 0 aliphatic carbocycles. The van der Waals surface area contributed by atoms with Gasteiger partial charge in [0.25, 0.3) is 0 Å². The Morgan fingerprint density at radius 1 is 1.44 bits per heavy atom. The lowest BCUT2D eigenvalue weighted by Crippen LogP contribution is -2.48. The van der Waals surface area contributed by atoms with Crippen molar-refractivity contribution in [2.24, 2.45) is 5.73 Å². The third-order valence-electron chi connectivity index (χ3n) is 3.87. The third-order valence-corrected chi connectivity index (χ3v) is 4.22. The van der Waals surface area contributed by atoms with Crippen LogP contribution in [0.5, 0.6) is 0 Å².